The number of anilines is 1. The zero-order valence-corrected chi connectivity index (χ0v) is 17.7. The van der Waals surface area contributed by atoms with Crippen molar-refractivity contribution in [3.8, 4) is 11.1 Å². The Labute approximate surface area is 186 Å². The Hall–Kier alpha value is -3.85. The van der Waals surface area contributed by atoms with Crippen molar-refractivity contribution in [2.75, 3.05) is 5.32 Å². The molecule has 0 aliphatic heterocycles. The Morgan fingerprint density at radius 3 is 2.61 bits per heavy atom. The Balaban J connectivity index is 1.77. The summed E-state index contributed by atoms with van der Waals surface area (Å²) in [4.78, 5) is 28.1. The van der Waals surface area contributed by atoms with Gasteiger partial charge in [0.1, 0.15) is 5.52 Å². The first-order chi connectivity index (χ1) is 15.6. The van der Waals surface area contributed by atoms with E-state index in [0.717, 1.165) is 6.07 Å². The molecular weight excluding hydrogens is 435 g/mol. The molecule has 0 unspecified atom stereocenters. The van der Waals surface area contributed by atoms with Gasteiger partial charge in [0.2, 0.25) is 0 Å². The van der Waals surface area contributed by atoms with Crippen molar-refractivity contribution in [1.29, 1.82) is 0 Å². The summed E-state index contributed by atoms with van der Waals surface area (Å²) in [7, 11) is 1.60. The minimum atomic E-state index is -4.58. The largest absolute Gasteiger partial charge is 0.416 e. The third kappa shape index (κ3) is 4.03. The highest BCUT2D eigenvalue weighted by Gasteiger charge is 2.33. The normalized spacial score (nSPS) is 11.7. The lowest BCUT2D eigenvalue weighted by Gasteiger charge is -2.16. The molecule has 2 aromatic carbocycles. The Morgan fingerprint density at radius 1 is 1.15 bits per heavy atom. The van der Waals surface area contributed by atoms with Crippen molar-refractivity contribution in [1.82, 2.24) is 9.55 Å². The molecule has 0 bridgehead atoms. The fourth-order valence-electron chi connectivity index (χ4n) is 3.87. The first-order valence-electron chi connectivity index (χ1n) is 10.0. The van der Waals surface area contributed by atoms with E-state index in [2.05, 4.69) is 10.3 Å². The zero-order valence-electron chi connectivity index (χ0n) is 17.7. The summed E-state index contributed by atoms with van der Waals surface area (Å²) < 4.78 is 41.2. The molecule has 0 saturated carbocycles. The van der Waals surface area contributed by atoms with E-state index in [1.807, 2.05) is 0 Å². The lowest BCUT2D eigenvalue weighted by molar-refractivity contribution is -0.138. The summed E-state index contributed by atoms with van der Waals surface area (Å²) in [5.74, 6) is -0.736. The van der Waals surface area contributed by atoms with Gasteiger partial charge in [0.05, 0.1) is 12.2 Å². The topological polar surface area (TPSA) is 87.1 Å². The third-order valence-electron chi connectivity index (χ3n) is 5.57. The maximum atomic E-state index is 13.2. The molecule has 0 aliphatic rings. The molecule has 6 nitrogen and oxygen atoms in total. The van der Waals surface area contributed by atoms with Crippen LogP contribution in [0.2, 0.25) is 0 Å². The van der Waals surface area contributed by atoms with Gasteiger partial charge in [-0.3, -0.25) is 9.59 Å². The number of carbonyl (C=O) groups excluding carboxylic acids is 1. The predicted octanol–water partition coefficient (Wildman–Crippen LogP) is 4.61. The first-order valence-corrected chi connectivity index (χ1v) is 10.0. The number of hydrogen-bond acceptors (Lipinski definition) is 3. The highest BCUT2D eigenvalue weighted by molar-refractivity contribution is 6.06. The molecule has 9 heteroatoms. The molecular formula is C24H20F3N3O3. The second-order valence-corrected chi connectivity index (χ2v) is 7.70. The fraction of sp³-hybridized carbons (Fsp3) is 0.167. The molecule has 0 fully saturated rings. The monoisotopic (exact) mass is 455 g/mol. The summed E-state index contributed by atoms with van der Waals surface area (Å²) in [6.45, 7) is 0.884. The smallest absolute Gasteiger partial charge is 0.392 e. The number of aliphatic hydroxyl groups excluding tert-OH is 1. The van der Waals surface area contributed by atoms with Gasteiger partial charge in [-0.25, -0.2) is 0 Å². The standard InChI is InChI=1S/C24H20F3N3O3/c1-13-6-7-14(10-19(13)24(25,26)27)22(32)29-20-5-3-4-15(18(20)12-31)17-11-30(2)23(33)21-16(17)8-9-28-21/h3-11,28,31H,12H2,1-2H3,(H,29,32). The molecule has 3 N–H and O–H groups in total. The molecule has 2 heterocycles. The second-order valence-electron chi connectivity index (χ2n) is 7.70. The van der Waals surface area contributed by atoms with Crippen molar-refractivity contribution in [3.63, 3.8) is 0 Å². The quantitative estimate of drug-likeness (QED) is 0.420. The second kappa shape index (κ2) is 8.25. The SMILES string of the molecule is Cc1ccc(C(=O)Nc2cccc(-c3cn(C)c(=O)c4[nH]ccc34)c2CO)cc1C(F)(F)F. The number of aliphatic hydroxyl groups is 1. The number of H-pyrrole nitrogens is 1. The van der Waals surface area contributed by atoms with Gasteiger partial charge in [0, 0.05) is 47.2 Å². The molecule has 0 aliphatic carbocycles. The van der Waals surface area contributed by atoms with E-state index in [1.54, 1.807) is 43.7 Å². The number of fused-ring (bicyclic) bond motifs is 1. The molecule has 2 aromatic heterocycles. The number of amides is 1. The highest BCUT2D eigenvalue weighted by Crippen LogP contribution is 2.35. The lowest BCUT2D eigenvalue weighted by atomic mass is 9.97. The molecule has 4 aromatic rings. The van der Waals surface area contributed by atoms with Crippen LogP contribution in [0.5, 0.6) is 0 Å². The number of carbonyl (C=O) groups is 1. The number of benzene rings is 2. The van der Waals surface area contributed by atoms with Crippen molar-refractivity contribution in [2.24, 2.45) is 7.05 Å². The van der Waals surface area contributed by atoms with Gasteiger partial charge in [-0.15, -0.1) is 0 Å². The van der Waals surface area contributed by atoms with Crippen LogP contribution >= 0.6 is 0 Å². The number of hydrogen-bond donors (Lipinski definition) is 3. The molecule has 0 spiro atoms. The van der Waals surface area contributed by atoms with Crippen LogP contribution in [-0.2, 0) is 19.8 Å². The summed E-state index contributed by atoms with van der Waals surface area (Å²) in [5.41, 5.74) is 1.02. The number of rotatable bonds is 4. The fourth-order valence-corrected chi connectivity index (χ4v) is 3.87. The van der Waals surface area contributed by atoms with E-state index in [4.69, 9.17) is 0 Å². The Morgan fingerprint density at radius 2 is 1.91 bits per heavy atom. The molecule has 1 amide bonds. The molecule has 0 saturated heterocycles. The highest BCUT2D eigenvalue weighted by atomic mass is 19.4. The zero-order chi connectivity index (χ0) is 23.9. The van der Waals surface area contributed by atoms with E-state index in [1.165, 1.54) is 23.6 Å². The molecule has 33 heavy (non-hydrogen) atoms. The van der Waals surface area contributed by atoms with E-state index >= 15 is 0 Å². The van der Waals surface area contributed by atoms with Crippen LogP contribution in [0.1, 0.15) is 27.0 Å². The molecule has 0 radical (unpaired) electrons. The van der Waals surface area contributed by atoms with Crippen molar-refractivity contribution < 1.29 is 23.1 Å². The van der Waals surface area contributed by atoms with Crippen molar-refractivity contribution in [3.05, 3.63) is 87.5 Å². The molecule has 170 valence electrons. The Kier molecular flexibility index (Phi) is 5.59. The van der Waals surface area contributed by atoms with Gasteiger partial charge < -0.3 is 20.0 Å². The van der Waals surface area contributed by atoms with Crippen LogP contribution in [-0.4, -0.2) is 20.6 Å². The molecule has 4 rings (SSSR count). The number of pyridine rings is 1. The first kappa shape index (κ1) is 22.3. The Bertz CT molecular complexity index is 1430. The number of nitrogens with zero attached hydrogens (tertiary/aromatic N) is 1. The minimum Gasteiger partial charge on any atom is -0.392 e. The van der Waals surface area contributed by atoms with Crippen LogP contribution in [0, 0.1) is 6.92 Å². The van der Waals surface area contributed by atoms with E-state index in [9.17, 15) is 27.9 Å². The number of aromatic amines is 1. The number of halogens is 3. The van der Waals surface area contributed by atoms with Crippen LogP contribution < -0.4 is 10.9 Å². The van der Waals surface area contributed by atoms with Gasteiger partial charge in [0.25, 0.3) is 11.5 Å². The summed E-state index contributed by atoms with van der Waals surface area (Å²) in [6.07, 6.45) is -1.31. The maximum absolute atomic E-state index is 13.2. The minimum absolute atomic E-state index is 0.0160. The summed E-state index contributed by atoms with van der Waals surface area (Å²) >= 11 is 0. The van der Waals surface area contributed by atoms with Crippen LogP contribution in [0.15, 0.2) is 59.7 Å². The van der Waals surface area contributed by atoms with Gasteiger partial charge >= 0.3 is 6.18 Å². The van der Waals surface area contributed by atoms with Gasteiger partial charge in [-0.1, -0.05) is 18.2 Å². The van der Waals surface area contributed by atoms with Crippen molar-refractivity contribution >= 4 is 22.5 Å². The van der Waals surface area contributed by atoms with Crippen LogP contribution in [0.4, 0.5) is 18.9 Å². The summed E-state index contributed by atoms with van der Waals surface area (Å²) in [5, 5.41) is 13.4. The van der Waals surface area contributed by atoms with Crippen molar-refractivity contribution in [2.45, 2.75) is 19.7 Å². The number of nitrogens with one attached hydrogen (secondary N) is 2. The molecule has 0 atom stereocenters. The summed E-state index contributed by atoms with van der Waals surface area (Å²) in [6, 6.07) is 10.1. The van der Waals surface area contributed by atoms with E-state index in [-0.39, 0.29) is 22.4 Å². The van der Waals surface area contributed by atoms with E-state index in [0.29, 0.717) is 27.6 Å². The number of aromatic nitrogens is 2. The average Bonchev–Trinajstić information content (AvgIpc) is 3.26. The maximum Gasteiger partial charge on any atom is 0.416 e. The third-order valence-corrected chi connectivity index (χ3v) is 5.57. The number of alkyl halides is 3. The predicted molar refractivity (Wildman–Crippen MR) is 119 cm³/mol. The van der Waals surface area contributed by atoms with Crippen LogP contribution in [0.3, 0.4) is 0 Å². The van der Waals surface area contributed by atoms with E-state index < -0.39 is 24.3 Å². The van der Waals surface area contributed by atoms with Gasteiger partial charge in [-0.05, 0) is 42.3 Å². The average molecular weight is 455 g/mol. The van der Waals surface area contributed by atoms with Crippen LogP contribution in [0.25, 0.3) is 22.0 Å². The number of aryl methyl sites for hydroxylation is 2. The van der Waals surface area contributed by atoms with Gasteiger partial charge in [-0.2, -0.15) is 13.2 Å². The lowest BCUT2D eigenvalue weighted by Crippen LogP contribution is -2.17. The van der Waals surface area contributed by atoms with Gasteiger partial charge in [0.15, 0.2) is 0 Å².